The fourth-order valence-corrected chi connectivity index (χ4v) is 1.98. The van der Waals surface area contributed by atoms with Crippen molar-refractivity contribution in [2.75, 3.05) is 19.8 Å². The van der Waals surface area contributed by atoms with Crippen molar-refractivity contribution < 1.29 is 23.0 Å². The normalized spacial score (nSPS) is 13.5. The third kappa shape index (κ3) is 6.94. The summed E-state index contributed by atoms with van der Waals surface area (Å²) in [5.41, 5.74) is 0.974. The Kier molecular flexibility index (Phi) is 6.82. The Morgan fingerprint density at radius 1 is 1.21 bits per heavy atom. The van der Waals surface area contributed by atoms with Gasteiger partial charge in [-0.3, -0.25) is 0 Å². The monoisotopic (exact) mass is 340 g/mol. The molecule has 0 aromatic heterocycles. The highest BCUT2D eigenvalue weighted by atomic mass is 79.9. The van der Waals surface area contributed by atoms with Crippen LogP contribution in [0.25, 0.3) is 0 Å². The summed E-state index contributed by atoms with van der Waals surface area (Å²) in [5, 5.41) is 9.30. The molecule has 0 aliphatic carbocycles. The third-order valence-electron chi connectivity index (χ3n) is 2.67. The van der Waals surface area contributed by atoms with E-state index < -0.39 is 12.8 Å². The SMILES string of the molecule is OCC(CCCOCC(F)(F)F)c1ccc(Br)cc1. The number of aliphatic hydroxyl groups excluding tert-OH is 1. The molecule has 6 heteroatoms. The highest BCUT2D eigenvalue weighted by Crippen LogP contribution is 2.23. The van der Waals surface area contributed by atoms with Crippen molar-refractivity contribution in [1.82, 2.24) is 0 Å². The van der Waals surface area contributed by atoms with Gasteiger partial charge in [-0.2, -0.15) is 13.2 Å². The first-order chi connectivity index (χ1) is 8.92. The lowest BCUT2D eigenvalue weighted by Crippen LogP contribution is -2.17. The van der Waals surface area contributed by atoms with Crippen LogP contribution >= 0.6 is 15.9 Å². The molecule has 0 heterocycles. The van der Waals surface area contributed by atoms with Gasteiger partial charge in [0.15, 0.2) is 0 Å². The molecule has 0 aliphatic heterocycles. The Bertz CT molecular complexity index is 365. The van der Waals surface area contributed by atoms with Gasteiger partial charge in [-0.1, -0.05) is 28.1 Å². The molecule has 1 rings (SSSR count). The van der Waals surface area contributed by atoms with E-state index in [0.717, 1.165) is 10.0 Å². The molecule has 0 aliphatic rings. The second-order valence-corrected chi connectivity index (χ2v) is 5.16. The zero-order valence-electron chi connectivity index (χ0n) is 10.3. The van der Waals surface area contributed by atoms with Crippen molar-refractivity contribution >= 4 is 15.9 Å². The predicted octanol–water partition coefficient (Wildman–Crippen LogP) is 3.88. The van der Waals surface area contributed by atoms with E-state index in [1.807, 2.05) is 24.3 Å². The summed E-state index contributed by atoms with van der Waals surface area (Å²) in [4.78, 5) is 0. The van der Waals surface area contributed by atoms with E-state index in [2.05, 4.69) is 20.7 Å². The summed E-state index contributed by atoms with van der Waals surface area (Å²) in [5.74, 6) is -0.0670. The van der Waals surface area contributed by atoms with Crippen LogP contribution in [-0.4, -0.2) is 31.1 Å². The molecule has 19 heavy (non-hydrogen) atoms. The third-order valence-corrected chi connectivity index (χ3v) is 3.20. The van der Waals surface area contributed by atoms with Crippen LogP contribution in [0.3, 0.4) is 0 Å². The maximum absolute atomic E-state index is 11.8. The van der Waals surface area contributed by atoms with Gasteiger partial charge < -0.3 is 9.84 Å². The zero-order valence-corrected chi connectivity index (χ0v) is 11.9. The molecule has 1 aromatic rings. The summed E-state index contributed by atoms with van der Waals surface area (Å²) < 4.78 is 41.0. The first-order valence-corrected chi connectivity index (χ1v) is 6.72. The maximum Gasteiger partial charge on any atom is 0.411 e. The predicted molar refractivity (Wildman–Crippen MR) is 70.1 cm³/mol. The van der Waals surface area contributed by atoms with Crippen LogP contribution < -0.4 is 0 Å². The van der Waals surface area contributed by atoms with Crippen molar-refractivity contribution in [2.24, 2.45) is 0 Å². The first kappa shape index (κ1) is 16.5. The topological polar surface area (TPSA) is 29.5 Å². The molecule has 108 valence electrons. The van der Waals surface area contributed by atoms with Crippen LogP contribution in [0, 0.1) is 0 Å². The van der Waals surface area contributed by atoms with Crippen LogP contribution in [0.4, 0.5) is 13.2 Å². The van der Waals surface area contributed by atoms with Crippen molar-refractivity contribution in [2.45, 2.75) is 24.9 Å². The molecule has 1 aromatic carbocycles. The Morgan fingerprint density at radius 3 is 2.37 bits per heavy atom. The van der Waals surface area contributed by atoms with Gasteiger partial charge >= 0.3 is 6.18 Å². The quantitative estimate of drug-likeness (QED) is 0.763. The fourth-order valence-electron chi connectivity index (χ4n) is 1.72. The van der Waals surface area contributed by atoms with E-state index in [-0.39, 0.29) is 19.1 Å². The maximum atomic E-state index is 11.8. The number of halogens is 4. The smallest absolute Gasteiger partial charge is 0.396 e. The second-order valence-electron chi connectivity index (χ2n) is 4.24. The van der Waals surface area contributed by atoms with E-state index in [9.17, 15) is 18.3 Å². The van der Waals surface area contributed by atoms with Crippen molar-refractivity contribution in [3.05, 3.63) is 34.3 Å². The Labute approximate surface area is 118 Å². The summed E-state index contributed by atoms with van der Waals surface area (Å²) in [7, 11) is 0. The first-order valence-electron chi connectivity index (χ1n) is 5.93. The van der Waals surface area contributed by atoms with Crippen LogP contribution in [0.15, 0.2) is 28.7 Å². The Hall–Kier alpha value is -0.590. The van der Waals surface area contributed by atoms with E-state index >= 15 is 0 Å². The minimum atomic E-state index is -4.28. The molecule has 0 fully saturated rings. The van der Waals surface area contributed by atoms with E-state index in [1.165, 1.54) is 0 Å². The summed E-state index contributed by atoms with van der Waals surface area (Å²) in [6.45, 7) is -1.19. The molecule has 1 atom stereocenters. The molecule has 0 spiro atoms. The van der Waals surface area contributed by atoms with Crippen LogP contribution in [-0.2, 0) is 4.74 Å². The number of rotatable bonds is 7. The standard InChI is InChI=1S/C13H16BrF3O2/c14-12-5-3-10(4-6-12)11(8-18)2-1-7-19-9-13(15,16)17/h3-6,11,18H,1-2,7-9H2. The van der Waals surface area contributed by atoms with Gasteiger partial charge in [-0.25, -0.2) is 0 Å². The van der Waals surface area contributed by atoms with Gasteiger partial charge in [0.05, 0.1) is 0 Å². The number of ether oxygens (including phenoxy) is 1. The summed E-state index contributed by atoms with van der Waals surface area (Å²) in [6.07, 6.45) is -3.20. The van der Waals surface area contributed by atoms with Crippen LogP contribution in [0.2, 0.25) is 0 Å². The van der Waals surface area contributed by atoms with Gasteiger partial charge in [0.25, 0.3) is 0 Å². The van der Waals surface area contributed by atoms with Gasteiger partial charge in [0, 0.05) is 23.6 Å². The zero-order chi connectivity index (χ0) is 14.3. The molecule has 2 nitrogen and oxygen atoms in total. The lowest BCUT2D eigenvalue weighted by Gasteiger charge is -2.15. The molecule has 0 saturated carbocycles. The molecule has 0 amide bonds. The molecule has 1 unspecified atom stereocenters. The highest BCUT2D eigenvalue weighted by molar-refractivity contribution is 9.10. The molecular weight excluding hydrogens is 325 g/mol. The van der Waals surface area contributed by atoms with E-state index in [1.54, 1.807) is 0 Å². The van der Waals surface area contributed by atoms with Gasteiger partial charge in [-0.05, 0) is 30.5 Å². The number of aliphatic hydroxyl groups is 1. The lowest BCUT2D eigenvalue weighted by molar-refractivity contribution is -0.174. The highest BCUT2D eigenvalue weighted by Gasteiger charge is 2.27. The average molecular weight is 341 g/mol. The van der Waals surface area contributed by atoms with Crippen LogP contribution in [0.5, 0.6) is 0 Å². The average Bonchev–Trinajstić information content (AvgIpc) is 2.34. The molecule has 0 saturated heterocycles. The Morgan fingerprint density at radius 2 is 1.84 bits per heavy atom. The van der Waals surface area contributed by atoms with Gasteiger partial charge in [0.1, 0.15) is 6.61 Å². The Balaban J connectivity index is 2.31. The lowest BCUT2D eigenvalue weighted by atomic mass is 9.95. The number of hydrogen-bond acceptors (Lipinski definition) is 2. The second kappa shape index (κ2) is 7.87. The largest absolute Gasteiger partial charge is 0.411 e. The van der Waals surface area contributed by atoms with Gasteiger partial charge in [0.2, 0.25) is 0 Å². The van der Waals surface area contributed by atoms with Crippen molar-refractivity contribution in [3.8, 4) is 0 Å². The summed E-state index contributed by atoms with van der Waals surface area (Å²) in [6, 6.07) is 7.53. The van der Waals surface area contributed by atoms with Crippen LogP contribution in [0.1, 0.15) is 24.3 Å². The minimum absolute atomic E-state index is 0.0269. The number of alkyl halides is 3. The molecule has 1 N–H and O–H groups in total. The molecular formula is C13H16BrF3O2. The summed E-state index contributed by atoms with van der Waals surface area (Å²) >= 11 is 3.32. The molecule has 0 radical (unpaired) electrons. The van der Waals surface area contributed by atoms with E-state index in [0.29, 0.717) is 12.8 Å². The van der Waals surface area contributed by atoms with Gasteiger partial charge in [-0.15, -0.1) is 0 Å². The van der Waals surface area contributed by atoms with E-state index in [4.69, 9.17) is 0 Å². The molecule has 0 bridgehead atoms. The number of benzene rings is 1. The number of hydrogen-bond donors (Lipinski definition) is 1. The van der Waals surface area contributed by atoms with Crippen molar-refractivity contribution in [1.29, 1.82) is 0 Å². The minimum Gasteiger partial charge on any atom is -0.396 e. The fraction of sp³-hybridized carbons (Fsp3) is 0.538. The van der Waals surface area contributed by atoms with Crippen molar-refractivity contribution in [3.63, 3.8) is 0 Å².